The second-order valence-electron chi connectivity index (χ2n) is 7.43. The number of methoxy groups -OCH3 is 2. The molecule has 3 aromatic rings. The molecule has 0 fully saturated rings. The Hall–Kier alpha value is -2.87. The number of anilines is 1. The van der Waals surface area contributed by atoms with Crippen molar-refractivity contribution in [3.8, 4) is 11.5 Å². The Balaban J connectivity index is 1.74. The average molecular weight is 429 g/mol. The van der Waals surface area contributed by atoms with Crippen LogP contribution in [0.2, 0.25) is 0 Å². The van der Waals surface area contributed by atoms with Crippen LogP contribution in [0, 0.1) is 12.8 Å². The minimum absolute atomic E-state index is 0.0551. The molecule has 0 aliphatic heterocycles. The van der Waals surface area contributed by atoms with E-state index in [2.05, 4.69) is 34.4 Å². The fourth-order valence-corrected chi connectivity index (χ4v) is 4.23. The van der Waals surface area contributed by atoms with Crippen molar-refractivity contribution in [2.45, 2.75) is 27.2 Å². The van der Waals surface area contributed by atoms with E-state index in [1.54, 1.807) is 14.2 Å². The molecule has 2 aromatic heterocycles. The number of hydrogen-bond acceptors (Lipinski definition) is 7. The third-order valence-corrected chi connectivity index (χ3v) is 5.96. The number of carbonyl (C=O) groups excluding carboxylic acids is 1. The standard InChI is InChI=1S/C22H28N4O3S/c1-13(2)11-24-21(27)19-14(3)18-20(25-12-26-22(18)30-19)23-9-8-15-6-7-16(28-4)17(10-15)29-5/h6-7,10,12-13H,8-9,11H2,1-5H3,(H,24,27)(H,23,25,26). The van der Waals surface area contributed by atoms with Crippen LogP contribution in [0.5, 0.6) is 11.5 Å². The molecule has 0 radical (unpaired) electrons. The number of thiophene rings is 1. The topological polar surface area (TPSA) is 85.4 Å². The highest BCUT2D eigenvalue weighted by molar-refractivity contribution is 7.20. The third kappa shape index (κ3) is 4.81. The lowest BCUT2D eigenvalue weighted by molar-refractivity contribution is 0.0952. The number of nitrogens with zero attached hydrogens (tertiary/aromatic N) is 2. The van der Waals surface area contributed by atoms with Crippen molar-refractivity contribution in [3.05, 3.63) is 40.5 Å². The lowest BCUT2D eigenvalue weighted by Gasteiger charge is -2.11. The van der Waals surface area contributed by atoms with Crippen molar-refractivity contribution in [2.75, 3.05) is 32.6 Å². The van der Waals surface area contributed by atoms with E-state index in [1.807, 2.05) is 25.1 Å². The number of carbonyl (C=O) groups is 1. The summed E-state index contributed by atoms with van der Waals surface area (Å²) in [4.78, 5) is 22.9. The number of hydrogen-bond donors (Lipinski definition) is 2. The maximum absolute atomic E-state index is 12.6. The Bertz CT molecular complexity index is 1030. The van der Waals surface area contributed by atoms with E-state index in [1.165, 1.54) is 17.7 Å². The smallest absolute Gasteiger partial charge is 0.261 e. The van der Waals surface area contributed by atoms with Gasteiger partial charge in [0.15, 0.2) is 11.5 Å². The van der Waals surface area contributed by atoms with Crippen LogP contribution < -0.4 is 20.1 Å². The van der Waals surface area contributed by atoms with Gasteiger partial charge < -0.3 is 20.1 Å². The molecule has 1 amide bonds. The number of benzene rings is 1. The summed E-state index contributed by atoms with van der Waals surface area (Å²) >= 11 is 1.40. The molecule has 0 spiro atoms. The molecule has 2 heterocycles. The summed E-state index contributed by atoms with van der Waals surface area (Å²) in [5.41, 5.74) is 2.03. The summed E-state index contributed by atoms with van der Waals surface area (Å²) in [6, 6.07) is 5.90. The van der Waals surface area contributed by atoms with Gasteiger partial charge in [0.05, 0.1) is 24.5 Å². The second kappa shape index (κ2) is 9.75. The number of nitrogens with one attached hydrogen (secondary N) is 2. The van der Waals surface area contributed by atoms with Gasteiger partial charge in [-0.15, -0.1) is 11.3 Å². The van der Waals surface area contributed by atoms with Crippen molar-refractivity contribution in [1.29, 1.82) is 0 Å². The second-order valence-corrected chi connectivity index (χ2v) is 8.43. The number of aryl methyl sites for hydroxylation is 1. The molecule has 0 atom stereocenters. The molecule has 0 saturated heterocycles. The molecule has 0 unspecified atom stereocenters. The summed E-state index contributed by atoms with van der Waals surface area (Å²) < 4.78 is 10.7. The van der Waals surface area contributed by atoms with Crippen molar-refractivity contribution in [1.82, 2.24) is 15.3 Å². The van der Waals surface area contributed by atoms with Gasteiger partial charge in [0.25, 0.3) is 5.91 Å². The quantitative estimate of drug-likeness (QED) is 0.535. The lowest BCUT2D eigenvalue weighted by Crippen LogP contribution is -2.27. The van der Waals surface area contributed by atoms with Gasteiger partial charge in [-0.05, 0) is 42.5 Å². The molecule has 160 valence electrons. The van der Waals surface area contributed by atoms with Crippen LogP contribution in [-0.4, -0.2) is 43.2 Å². The molecule has 3 rings (SSSR count). The van der Waals surface area contributed by atoms with Gasteiger partial charge >= 0.3 is 0 Å². The van der Waals surface area contributed by atoms with Crippen LogP contribution >= 0.6 is 11.3 Å². The highest BCUT2D eigenvalue weighted by Gasteiger charge is 2.19. The summed E-state index contributed by atoms with van der Waals surface area (Å²) in [6.45, 7) is 7.43. The van der Waals surface area contributed by atoms with Crippen LogP contribution in [0.4, 0.5) is 5.82 Å². The van der Waals surface area contributed by atoms with Crippen LogP contribution in [0.1, 0.15) is 34.6 Å². The van der Waals surface area contributed by atoms with Gasteiger partial charge in [-0.1, -0.05) is 19.9 Å². The Labute approximate surface area is 180 Å². The Kier molecular flexibility index (Phi) is 7.10. The van der Waals surface area contributed by atoms with Gasteiger partial charge in [0.1, 0.15) is 17.0 Å². The molecular weight excluding hydrogens is 400 g/mol. The number of ether oxygens (including phenoxy) is 2. The predicted octanol–water partition coefficient (Wildman–Crippen LogP) is 4.06. The van der Waals surface area contributed by atoms with Crippen molar-refractivity contribution < 1.29 is 14.3 Å². The highest BCUT2D eigenvalue weighted by Crippen LogP contribution is 2.33. The largest absolute Gasteiger partial charge is 0.493 e. The molecule has 8 heteroatoms. The van der Waals surface area contributed by atoms with E-state index in [0.29, 0.717) is 35.4 Å². The minimum atomic E-state index is -0.0551. The zero-order valence-electron chi connectivity index (χ0n) is 18.0. The fraction of sp³-hybridized carbons (Fsp3) is 0.409. The van der Waals surface area contributed by atoms with Gasteiger partial charge in [0, 0.05) is 13.1 Å². The van der Waals surface area contributed by atoms with Crippen LogP contribution in [0.25, 0.3) is 10.2 Å². The first kappa shape index (κ1) is 21.8. The highest BCUT2D eigenvalue weighted by atomic mass is 32.1. The van der Waals surface area contributed by atoms with E-state index in [9.17, 15) is 4.79 Å². The molecular formula is C22H28N4O3S. The van der Waals surface area contributed by atoms with Crippen LogP contribution in [-0.2, 0) is 6.42 Å². The van der Waals surface area contributed by atoms with E-state index in [4.69, 9.17) is 9.47 Å². The molecule has 0 aliphatic rings. The Morgan fingerprint density at radius 3 is 2.63 bits per heavy atom. The minimum Gasteiger partial charge on any atom is -0.493 e. The van der Waals surface area contributed by atoms with Gasteiger partial charge in [0.2, 0.25) is 0 Å². The third-order valence-electron chi connectivity index (χ3n) is 4.76. The van der Waals surface area contributed by atoms with E-state index >= 15 is 0 Å². The number of rotatable bonds is 9. The zero-order chi connectivity index (χ0) is 21.7. The SMILES string of the molecule is COc1ccc(CCNc2ncnc3sc(C(=O)NCC(C)C)c(C)c23)cc1OC. The molecule has 30 heavy (non-hydrogen) atoms. The van der Waals surface area contributed by atoms with Crippen molar-refractivity contribution in [2.24, 2.45) is 5.92 Å². The number of fused-ring (bicyclic) bond motifs is 1. The summed E-state index contributed by atoms with van der Waals surface area (Å²) in [5, 5.41) is 7.29. The Morgan fingerprint density at radius 2 is 1.93 bits per heavy atom. The molecule has 1 aromatic carbocycles. The van der Waals surface area contributed by atoms with Crippen molar-refractivity contribution >= 4 is 33.3 Å². The normalized spacial score (nSPS) is 11.0. The summed E-state index contributed by atoms with van der Waals surface area (Å²) in [6.07, 6.45) is 2.32. The maximum atomic E-state index is 12.6. The first-order chi connectivity index (χ1) is 14.4. The van der Waals surface area contributed by atoms with E-state index in [-0.39, 0.29) is 5.91 Å². The van der Waals surface area contributed by atoms with E-state index < -0.39 is 0 Å². The van der Waals surface area contributed by atoms with Crippen LogP contribution in [0.15, 0.2) is 24.5 Å². The molecule has 0 bridgehead atoms. The average Bonchev–Trinajstić information content (AvgIpc) is 3.09. The van der Waals surface area contributed by atoms with E-state index in [0.717, 1.165) is 33.6 Å². The first-order valence-corrected chi connectivity index (χ1v) is 10.7. The fourth-order valence-electron chi connectivity index (χ4n) is 3.16. The number of aromatic nitrogens is 2. The van der Waals surface area contributed by atoms with Crippen LogP contribution in [0.3, 0.4) is 0 Å². The number of amides is 1. The Morgan fingerprint density at radius 1 is 1.17 bits per heavy atom. The maximum Gasteiger partial charge on any atom is 0.261 e. The predicted molar refractivity (Wildman–Crippen MR) is 121 cm³/mol. The molecule has 0 saturated carbocycles. The van der Waals surface area contributed by atoms with Gasteiger partial charge in [-0.3, -0.25) is 4.79 Å². The molecule has 7 nitrogen and oxygen atoms in total. The van der Waals surface area contributed by atoms with Gasteiger partial charge in [-0.25, -0.2) is 9.97 Å². The van der Waals surface area contributed by atoms with Crippen molar-refractivity contribution in [3.63, 3.8) is 0 Å². The monoisotopic (exact) mass is 428 g/mol. The molecule has 2 N–H and O–H groups in total. The van der Waals surface area contributed by atoms with Gasteiger partial charge in [-0.2, -0.15) is 0 Å². The zero-order valence-corrected chi connectivity index (χ0v) is 18.9. The lowest BCUT2D eigenvalue weighted by atomic mass is 10.1. The molecule has 0 aliphatic carbocycles. The first-order valence-electron chi connectivity index (χ1n) is 9.91. The summed E-state index contributed by atoms with van der Waals surface area (Å²) in [5.74, 6) is 2.52. The summed E-state index contributed by atoms with van der Waals surface area (Å²) in [7, 11) is 3.26.